The summed E-state index contributed by atoms with van der Waals surface area (Å²) in [5.41, 5.74) is 13.5. The molecule has 2 heterocycles. The third-order valence-corrected chi connectivity index (χ3v) is 9.17. The molecule has 0 unspecified atom stereocenters. The molecule has 47 heavy (non-hydrogen) atoms. The molecule has 0 bridgehead atoms. The van der Waals surface area contributed by atoms with Gasteiger partial charge in [-0.1, -0.05) is 73.4 Å². The predicted molar refractivity (Wildman–Crippen MR) is 191 cm³/mol. The summed E-state index contributed by atoms with van der Waals surface area (Å²) in [6, 6.07) is 19.0. The fourth-order valence-corrected chi connectivity index (χ4v) is 7.21. The van der Waals surface area contributed by atoms with Crippen molar-refractivity contribution in [2.24, 2.45) is 0 Å². The molecule has 0 saturated heterocycles. The van der Waals surface area contributed by atoms with E-state index in [1.165, 1.54) is 0 Å². The number of anilines is 2. The largest absolute Gasteiger partial charge is 0.399 e. The molecule has 10 heteroatoms. The van der Waals surface area contributed by atoms with Crippen LogP contribution in [0.15, 0.2) is 97.6 Å². The summed E-state index contributed by atoms with van der Waals surface area (Å²) < 4.78 is 56.5. The van der Waals surface area contributed by atoms with E-state index in [0.29, 0.717) is 64.7 Å². The van der Waals surface area contributed by atoms with Gasteiger partial charge >= 0.3 is 0 Å². The first-order valence-corrected chi connectivity index (χ1v) is 15.9. The second-order valence-corrected chi connectivity index (χ2v) is 12.2. The fourth-order valence-electron chi connectivity index (χ4n) is 5.17. The van der Waals surface area contributed by atoms with E-state index < -0.39 is 21.9 Å². The minimum absolute atomic E-state index is 0.0762. The van der Waals surface area contributed by atoms with Crippen LogP contribution in [-0.2, 0) is 0 Å². The van der Waals surface area contributed by atoms with Crippen molar-refractivity contribution in [3.63, 3.8) is 0 Å². The second kappa shape index (κ2) is 15.0. The van der Waals surface area contributed by atoms with Crippen molar-refractivity contribution in [1.29, 1.82) is 10.8 Å². The van der Waals surface area contributed by atoms with E-state index in [0.717, 1.165) is 11.4 Å². The Hall–Kier alpha value is -5.06. The molecule has 0 aliphatic carbocycles. The molecule has 0 amide bonds. The van der Waals surface area contributed by atoms with Gasteiger partial charge in [0, 0.05) is 32.9 Å². The van der Waals surface area contributed by atoms with E-state index in [9.17, 15) is 17.6 Å². The first-order valence-electron chi connectivity index (χ1n) is 14.3. The third kappa shape index (κ3) is 6.89. The minimum atomic E-state index is -1.05. The van der Waals surface area contributed by atoms with E-state index >= 15 is 0 Å². The number of aryl methyl sites for hydroxylation is 2. The Bertz CT molecular complexity index is 2190. The Morgan fingerprint density at radius 3 is 1.28 bits per heavy atom. The van der Waals surface area contributed by atoms with Crippen molar-refractivity contribution in [2.75, 3.05) is 11.5 Å². The number of nitrogens with two attached hydrogens (primary N) is 2. The number of benzene rings is 3. The highest BCUT2D eigenvalue weighted by Gasteiger charge is 2.27. The lowest BCUT2D eigenvalue weighted by atomic mass is 9.98. The summed E-state index contributed by atoms with van der Waals surface area (Å²) in [5.74, 6) is -2.09. The molecule has 0 fully saturated rings. The van der Waals surface area contributed by atoms with Crippen LogP contribution in [0, 0.1) is 46.6 Å². The number of nitrogens with one attached hydrogen (secondary N) is 2. The number of halogens is 4. The number of thiophene rings is 2. The van der Waals surface area contributed by atoms with Gasteiger partial charge in [0.05, 0.1) is 30.9 Å². The summed E-state index contributed by atoms with van der Waals surface area (Å²) in [5, 5.41) is 16.2. The number of hydrogen-bond donors (Lipinski definition) is 4. The lowest BCUT2D eigenvalue weighted by Gasteiger charge is -2.06. The molecule has 0 spiro atoms. The summed E-state index contributed by atoms with van der Waals surface area (Å²) in [6.07, 6.45) is 9.51. The van der Waals surface area contributed by atoms with Gasteiger partial charge in [0.15, 0.2) is 11.6 Å². The maximum atomic E-state index is 14.2. The zero-order valence-corrected chi connectivity index (χ0v) is 27.5. The molecule has 0 aliphatic rings. The monoisotopic (exact) mass is 672 g/mol. The number of fused-ring (bicyclic) bond motifs is 6. The van der Waals surface area contributed by atoms with Gasteiger partial charge in [-0.15, -0.1) is 22.7 Å². The van der Waals surface area contributed by atoms with Crippen LogP contribution in [0.2, 0.25) is 0 Å². The van der Waals surface area contributed by atoms with E-state index in [-0.39, 0.29) is 21.5 Å². The molecule has 240 valence electrons. The smallest absolute Gasteiger partial charge is 0.213 e. The van der Waals surface area contributed by atoms with Crippen LogP contribution in [0.5, 0.6) is 0 Å². The molecular weight excluding hydrogens is 641 g/mol. The Labute approximate surface area is 276 Å². The van der Waals surface area contributed by atoms with Gasteiger partial charge in [0.25, 0.3) is 0 Å². The van der Waals surface area contributed by atoms with Crippen LogP contribution in [0.1, 0.15) is 18.1 Å². The van der Waals surface area contributed by atoms with Crippen molar-refractivity contribution in [1.82, 2.24) is 0 Å². The molecule has 0 aliphatic heterocycles. The Kier molecular flexibility index (Phi) is 11.1. The normalized spacial score (nSPS) is 11.1. The summed E-state index contributed by atoms with van der Waals surface area (Å²) in [4.78, 5) is 0. The molecule has 7 aromatic rings. The molecule has 6 N–H and O–H groups in total. The van der Waals surface area contributed by atoms with Gasteiger partial charge in [-0.3, -0.25) is 10.8 Å². The number of rotatable bonds is 2. The average Bonchev–Trinajstić information content (AvgIpc) is 3.72. The van der Waals surface area contributed by atoms with Gasteiger partial charge in [0.1, 0.15) is 0 Å². The molecule has 7 rings (SSSR count). The third-order valence-electron chi connectivity index (χ3n) is 7.23. The highest BCUT2D eigenvalue weighted by molar-refractivity contribution is 7.19. The highest BCUT2D eigenvalue weighted by Crippen LogP contribution is 2.43. The summed E-state index contributed by atoms with van der Waals surface area (Å²) >= 11 is 1.25. The quantitative estimate of drug-likeness (QED) is 0.0835. The number of para-hydroxylation sites is 2. The zero-order valence-electron chi connectivity index (χ0n) is 25.9. The van der Waals surface area contributed by atoms with Gasteiger partial charge in [0.2, 0.25) is 10.3 Å². The SMILES string of the molecule is C=C/C=C\C=C/C.Cc1c2c(=N)c3c(F)c(F)sc3c2c(C)c2c(=N)c3c(F)c(F)sc3c12.Nc1ccccc1.Nc1ccccc1. The Morgan fingerprint density at radius 2 is 0.979 bits per heavy atom. The van der Waals surface area contributed by atoms with Crippen LogP contribution in [0.4, 0.5) is 28.9 Å². The molecule has 0 atom stereocenters. The van der Waals surface area contributed by atoms with E-state index in [2.05, 4.69) is 6.58 Å². The Morgan fingerprint density at radius 1 is 0.596 bits per heavy atom. The van der Waals surface area contributed by atoms with Gasteiger partial charge in [-0.2, -0.15) is 8.78 Å². The van der Waals surface area contributed by atoms with Crippen LogP contribution in [0.25, 0.3) is 41.7 Å². The molecule has 4 nitrogen and oxygen atoms in total. The van der Waals surface area contributed by atoms with Crippen molar-refractivity contribution in [3.05, 3.63) is 141 Å². The first kappa shape index (κ1) is 34.8. The molecule has 5 aromatic carbocycles. The predicted octanol–water partition coefficient (Wildman–Crippen LogP) is 10.3. The maximum Gasteiger partial charge on any atom is 0.213 e. The van der Waals surface area contributed by atoms with Gasteiger partial charge in [-0.05, 0) is 56.2 Å². The van der Waals surface area contributed by atoms with Crippen molar-refractivity contribution >= 4 is 75.8 Å². The maximum absolute atomic E-state index is 14.2. The van der Waals surface area contributed by atoms with Crippen LogP contribution >= 0.6 is 22.7 Å². The minimum Gasteiger partial charge on any atom is -0.399 e. The molecule has 0 radical (unpaired) electrons. The molecular formula is C37H32F4N4S2. The lowest BCUT2D eigenvalue weighted by molar-refractivity contribution is 0.537. The standard InChI is InChI=1S/C18H8F4N2S2.C7H10.2C6H7N/c1-3-5-8(16-9(13(5)23)11(19)18(22)26-16)4(2)6-7(3)15-10(14(6)24)12(20)17(21)25-15;1-3-5-7-6-4-2;2*7-6-4-2-1-3-5-6/h23-24H,1-2H3;3-7H,1H2,2H3;2*1-5H,7H2/b;6-4-,7-5-;;. The van der Waals surface area contributed by atoms with Crippen LogP contribution < -0.4 is 22.2 Å². The van der Waals surface area contributed by atoms with Gasteiger partial charge < -0.3 is 11.5 Å². The summed E-state index contributed by atoms with van der Waals surface area (Å²) in [7, 11) is 0. The van der Waals surface area contributed by atoms with Crippen LogP contribution in [0.3, 0.4) is 0 Å². The van der Waals surface area contributed by atoms with E-state index in [4.69, 9.17) is 22.3 Å². The molecule has 2 aromatic heterocycles. The van der Waals surface area contributed by atoms with E-state index in [1.807, 2.05) is 91.9 Å². The first-order chi connectivity index (χ1) is 22.5. The summed E-state index contributed by atoms with van der Waals surface area (Å²) in [6.45, 7) is 8.87. The molecule has 0 saturated carbocycles. The number of allylic oxidation sites excluding steroid dienone is 5. The lowest BCUT2D eigenvalue weighted by Crippen LogP contribution is -2.02. The zero-order chi connectivity index (χ0) is 34.4. The topological polar surface area (TPSA) is 99.7 Å². The highest BCUT2D eigenvalue weighted by atomic mass is 32.1. The van der Waals surface area contributed by atoms with Crippen molar-refractivity contribution in [2.45, 2.75) is 20.8 Å². The number of nitrogen functional groups attached to an aromatic ring is 2. The van der Waals surface area contributed by atoms with E-state index in [1.54, 1.807) is 19.9 Å². The van der Waals surface area contributed by atoms with Crippen LogP contribution in [-0.4, -0.2) is 0 Å². The second-order valence-electron chi connectivity index (χ2n) is 10.3. The van der Waals surface area contributed by atoms with Crippen molar-refractivity contribution < 1.29 is 17.6 Å². The van der Waals surface area contributed by atoms with Crippen molar-refractivity contribution in [3.8, 4) is 0 Å². The number of hydrogen-bond acceptors (Lipinski definition) is 6. The fraction of sp³-hybridized carbons (Fsp3) is 0.0811. The Balaban J connectivity index is 0.000000193. The van der Waals surface area contributed by atoms with Gasteiger partial charge in [-0.25, -0.2) is 8.78 Å². The average molecular weight is 673 g/mol.